The number of carbonyl (C=O) groups is 2. The molecule has 0 fully saturated rings. The van der Waals surface area contributed by atoms with Gasteiger partial charge in [0.1, 0.15) is 18.3 Å². The van der Waals surface area contributed by atoms with Crippen LogP contribution in [0.1, 0.15) is 50.3 Å². The maximum absolute atomic E-state index is 14.2. The summed E-state index contributed by atoms with van der Waals surface area (Å²) in [4.78, 5) is 29.2. The molecule has 9 heteroatoms. The average Bonchev–Trinajstić information content (AvgIpc) is 2.96. The van der Waals surface area contributed by atoms with Crippen LogP contribution in [0.25, 0.3) is 0 Å². The van der Waals surface area contributed by atoms with E-state index < -0.39 is 28.5 Å². The van der Waals surface area contributed by atoms with Crippen molar-refractivity contribution >= 4 is 27.5 Å². The minimum absolute atomic E-state index is 0.0734. The van der Waals surface area contributed by atoms with E-state index in [1.54, 1.807) is 62.6 Å². The molecule has 0 aliphatic heterocycles. The number of nitrogens with one attached hydrogen (secondary N) is 1. The molecule has 0 heterocycles. The summed E-state index contributed by atoms with van der Waals surface area (Å²) in [6, 6.07) is 20.0. The quantitative estimate of drug-likeness (QED) is 0.299. The lowest BCUT2D eigenvalue weighted by atomic mass is 10.1. The Balaban J connectivity index is 2.08. The number of hydrogen-bond acceptors (Lipinski definition) is 5. The lowest BCUT2D eigenvalue weighted by Crippen LogP contribution is -2.53. The van der Waals surface area contributed by atoms with E-state index in [1.165, 1.54) is 4.90 Å². The summed E-state index contributed by atoms with van der Waals surface area (Å²) < 4.78 is 34.5. The van der Waals surface area contributed by atoms with Crippen molar-refractivity contribution in [2.75, 3.05) is 18.0 Å². The minimum atomic E-state index is -4.12. The van der Waals surface area contributed by atoms with Crippen LogP contribution in [0, 0.1) is 13.8 Å². The highest BCUT2D eigenvalue weighted by Gasteiger charge is 2.34. The number of hydrogen-bond donors (Lipinski definition) is 1. The third kappa shape index (κ3) is 7.88. The number of benzene rings is 3. The molecule has 0 bridgehead atoms. The van der Waals surface area contributed by atoms with Gasteiger partial charge < -0.3 is 15.0 Å². The van der Waals surface area contributed by atoms with Crippen molar-refractivity contribution in [3.63, 3.8) is 0 Å². The van der Waals surface area contributed by atoms with Crippen LogP contribution in [0.15, 0.2) is 77.7 Å². The van der Waals surface area contributed by atoms with Gasteiger partial charge in [-0.1, -0.05) is 61.9 Å². The smallest absolute Gasteiger partial charge is 0.264 e. The second-order valence-electron chi connectivity index (χ2n) is 10.2. The van der Waals surface area contributed by atoms with Crippen LogP contribution in [-0.2, 0) is 26.2 Å². The van der Waals surface area contributed by atoms with E-state index in [-0.39, 0.29) is 23.4 Å². The van der Waals surface area contributed by atoms with Gasteiger partial charge in [0, 0.05) is 12.6 Å². The normalized spacial score (nSPS) is 12.7. The Kier molecular flexibility index (Phi) is 10.9. The molecular formula is C32H41N3O5S. The zero-order chi connectivity index (χ0) is 30.2. The van der Waals surface area contributed by atoms with Gasteiger partial charge in [0.25, 0.3) is 10.0 Å². The maximum Gasteiger partial charge on any atom is 0.264 e. The van der Waals surface area contributed by atoms with Crippen LogP contribution in [-0.4, -0.2) is 50.9 Å². The van der Waals surface area contributed by atoms with Gasteiger partial charge in [-0.15, -0.1) is 0 Å². The Morgan fingerprint density at radius 2 is 1.61 bits per heavy atom. The molecule has 0 saturated carbocycles. The minimum Gasteiger partial charge on any atom is -0.497 e. The van der Waals surface area contributed by atoms with E-state index in [2.05, 4.69) is 5.32 Å². The molecule has 0 aromatic heterocycles. The molecule has 0 saturated heterocycles. The van der Waals surface area contributed by atoms with E-state index >= 15 is 0 Å². The lowest BCUT2D eigenvalue weighted by molar-refractivity contribution is -0.140. The molecule has 1 N–H and O–H groups in total. The van der Waals surface area contributed by atoms with Crippen molar-refractivity contribution in [2.45, 2.75) is 71.0 Å². The van der Waals surface area contributed by atoms with Crippen LogP contribution >= 0.6 is 0 Å². The molecule has 2 atom stereocenters. The van der Waals surface area contributed by atoms with E-state index in [1.807, 2.05) is 52.0 Å². The Hall–Kier alpha value is -3.85. The Bertz CT molecular complexity index is 1440. The summed E-state index contributed by atoms with van der Waals surface area (Å²) >= 11 is 0. The summed E-state index contributed by atoms with van der Waals surface area (Å²) in [6.45, 7) is 9.04. The number of sulfonamides is 1. The molecule has 3 aromatic rings. The van der Waals surface area contributed by atoms with Crippen molar-refractivity contribution in [3.8, 4) is 5.75 Å². The number of rotatable bonds is 13. The number of methoxy groups -OCH3 is 1. The molecule has 0 spiro atoms. The van der Waals surface area contributed by atoms with Crippen LogP contribution in [0.5, 0.6) is 5.75 Å². The number of carbonyl (C=O) groups excluding carboxylic acids is 2. The van der Waals surface area contributed by atoms with Crippen molar-refractivity contribution in [1.29, 1.82) is 0 Å². The summed E-state index contributed by atoms with van der Waals surface area (Å²) in [6.07, 6.45) is 1.09. The Morgan fingerprint density at radius 3 is 2.22 bits per heavy atom. The van der Waals surface area contributed by atoms with Crippen LogP contribution in [0.4, 0.5) is 5.69 Å². The fourth-order valence-electron chi connectivity index (χ4n) is 4.52. The number of nitrogens with zero attached hydrogens (tertiary/aromatic N) is 2. The van der Waals surface area contributed by atoms with E-state index in [4.69, 9.17) is 4.74 Å². The van der Waals surface area contributed by atoms with Crippen LogP contribution in [0.2, 0.25) is 0 Å². The third-order valence-corrected chi connectivity index (χ3v) is 8.92. The Morgan fingerprint density at radius 1 is 0.927 bits per heavy atom. The molecule has 220 valence electrons. The molecular weight excluding hydrogens is 538 g/mol. The number of ether oxygens (including phenoxy) is 1. The molecule has 0 aliphatic carbocycles. The topological polar surface area (TPSA) is 96.0 Å². The number of anilines is 1. The predicted octanol–water partition coefficient (Wildman–Crippen LogP) is 5.23. The highest BCUT2D eigenvalue weighted by Crippen LogP contribution is 2.28. The monoisotopic (exact) mass is 579 g/mol. The SMILES string of the molecule is CCC(C)NC(=O)C(CC)N(Cc1cccc(OC)c1)C(=O)CN(c1ccccc1C)S(=O)(=O)c1ccc(C)cc1. The van der Waals surface area contributed by atoms with Crippen molar-refractivity contribution in [3.05, 3.63) is 89.5 Å². The molecule has 8 nitrogen and oxygen atoms in total. The first-order chi connectivity index (χ1) is 19.5. The van der Waals surface area contributed by atoms with Gasteiger partial charge >= 0.3 is 0 Å². The van der Waals surface area contributed by atoms with Gasteiger partial charge in [0.2, 0.25) is 11.8 Å². The summed E-state index contributed by atoms with van der Waals surface area (Å²) in [5, 5.41) is 2.99. The van der Waals surface area contributed by atoms with Crippen molar-refractivity contribution in [1.82, 2.24) is 10.2 Å². The highest BCUT2D eigenvalue weighted by molar-refractivity contribution is 7.92. The van der Waals surface area contributed by atoms with Crippen molar-refractivity contribution in [2.24, 2.45) is 0 Å². The zero-order valence-corrected chi connectivity index (χ0v) is 25.6. The van der Waals surface area contributed by atoms with Crippen LogP contribution in [0.3, 0.4) is 0 Å². The molecule has 0 radical (unpaired) electrons. The molecule has 41 heavy (non-hydrogen) atoms. The van der Waals surface area contributed by atoms with Gasteiger partial charge in [-0.2, -0.15) is 0 Å². The zero-order valence-electron chi connectivity index (χ0n) is 24.8. The van der Waals surface area contributed by atoms with Crippen molar-refractivity contribution < 1.29 is 22.7 Å². The lowest BCUT2D eigenvalue weighted by Gasteiger charge is -2.34. The van der Waals surface area contributed by atoms with E-state index in [9.17, 15) is 18.0 Å². The van der Waals surface area contributed by atoms with Gasteiger partial charge in [-0.25, -0.2) is 8.42 Å². The third-order valence-electron chi connectivity index (χ3n) is 7.15. The second kappa shape index (κ2) is 14.2. The molecule has 2 unspecified atom stereocenters. The fraction of sp³-hybridized carbons (Fsp3) is 0.375. The molecule has 3 rings (SSSR count). The molecule has 0 aliphatic rings. The number of aryl methyl sites for hydroxylation is 2. The standard InChI is InChI=1S/C32H41N3O5S/c1-7-25(5)33-32(37)29(8-2)34(21-26-13-11-14-27(20-26)40-6)31(36)22-35(30-15-10-9-12-24(30)4)41(38,39)28-18-16-23(3)17-19-28/h9-20,25,29H,7-8,21-22H2,1-6H3,(H,33,37). The van der Waals surface area contributed by atoms with Gasteiger partial charge in [0.15, 0.2) is 0 Å². The predicted molar refractivity (Wildman–Crippen MR) is 162 cm³/mol. The Labute approximate surface area is 244 Å². The first kappa shape index (κ1) is 31.7. The molecule has 2 amide bonds. The summed E-state index contributed by atoms with van der Waals surface area (Å²) in [7, 11) is -2.55. The summed E-state index contributed by atoms with van der Waals surface area (Å²) in [5.41, 5.74) is 2.79. The summed E-state index contributed by atoms with van der Waals surface area (Å²) in [5.74, 6) is -0.143. The van der Waals surface area contributed by atoms with Gasteiger partial charge in [-0.05, 0) is 75.1 Å². The first-order valence-electron chi connectivity index (χ1n) is 13.9. The average molecular weight is 580 g/mol. The highest BCUT2D eigenvalue weighted by atomic mass is 32.2. The fourth-order valence-corrected chi connectivity index (χ4v) is 6.00. The van der Waals surface area contributed by atoms with E-state index in [0.29, 0.717) is 23.4 Å². The first-order valence-corrected chi connectivity index (χ1v) is 15.3. The maximum atomic E-state index is 14.2. The van der Waals surface area contributed by atoms with Gasteiger partial charge in [0.05, 0.1) is 17.7 Å². The molecule has 3 aromatic carbocycles. The van der Waals surface area contributed by atoms with Crippen LogP contribution < -0.4 is 14.4 Å². The largest absolute Gasteiger partial charge is 0.497 e. The van der Waals surface area contributed by atoms with E-state index in [0.717, 1.165) is 21.9 Å². The number of para-hydroxylation sites is 1. The van der Waals surface area contributed by atoms with Gasteiger partial charge in [-0.3, -0.25) is 13.9 Å². The second-order valence-corrected chi connectivity index (χ2v) is 12.1. The number of amides is 2.